The van der Waals surface area contributed by atoms with Crippen molar-refractivity contribution >= 4 is 35.0 Å². The summed E-state index contributed by atoms with van der Waals surface area (Å²) in [4.78, 5) is 22.5. The van der Waals surface area contributed by atoms with Crippen molar-refractivity contribution in [2.24, 2.45) is 0 Å². The molecule has 1 heterocycles. The van der Waals surface area contributed by atoms with Crippen molar-refractivity contribution < 1.29 is 4.79 Å². The van der Waals surface area contributed by atoms with Gasteiger partial charge < -0.3 is 16.4 Å². The van der Waals surface area contributed by atoms with E-state index in [1.165, 1.54) is 17.8 Å². The Morgan fingerprint density at radius 2 is 1.92 bits per heavy atom. The maximum absolute atomic E-state index is 12.8. The van der Waals surface area contributed by atoms with E-state index < -0.39 is 5.25 Å². The van der Waals surface area contributed by atoms with Crippen molar-refractivity contribution in [1.29, 1.82) is 5.26 Å². The lowest BCUT2D eigenvalue weighted by Crippen LogP contribution is -2.37. The highest BCUT2D eigenvalue weighted by molar-refractivity contribution is 8.00. The lowest BCUT2D eigenvalue weighted by atomic mass is 10.2. The average Bonchev–Trinajstić information content (AvgIpc) is 2.55. The molecule has 8 heteroatoms. The van der Waals surface area contributed by atoms with Crippen LogP contribution in [-0.4, -0.2) is 27.7 Å². The van der Waals surface area contributed by atoms with Crippen molar-refractivity contribution in [3.05, 3.63) is 36.4 Å². The van der Waals surface area contributed by atoms with E-state index in [9.17, 15) is 4.79 Å². The first-order chi connectivity index (χ1) is 11.5. The molecule has 4 N–H and O–H groups in total. The van der Waals surface area contributed by atoms with Gasteiger partial charge in [0.25, 0.3) is 0 Å². The monoisotopic (exact) mass is 342 g/mol. The molecule has 0 radical (unpaired) electrons. The Kier molecular flexibility index (Phi) is 5.98. The quantitative estimate of drug-likeness (QED) is 0.608. The Balaban J connectivity index is 2.17. The number of hydrogen-bond donors (Lipinski definition) is 2. The summed E-state index contributed by atoms with van der Waals surface area (Å²) in [5.74, 6) is 0.383. The standard InChI is InChI=1S/C16H18N6OS/c1-11(24-16-20-13(18)10-14(19)21-16)15(23)22(9-5-8-17)12-6-3-2-4-7-12/h2-4,6-7,10-11H,5,9H2,1H3,(H4,18,19,20,21). The lowest BCUT2D eigenvalue weighted by molar-refractivity contribution is -0.117. The summed E-state index contributed by atoms with van der Waals surface area (Å²) in [6.07, 6.45) is 0.250. The number of nitrogens with zero attached hydrogens (tertiary/aromatic N) is 4. The molecule has 7 nitrogen and oxygen atoms in total. The summed E-state index contributed by atoms with van der Waals surface area (Å²) in [6.45, 7) is 2.09. The largest absolute Gasteiger partial charge is 0.383 e. The van der Waals surface area contributed by atoms with E-state index in [4.69, 9.17) is 16.7 Å². The van der Waals surface area contributed by atoms with Crippen molar-refractivity contribution in [1.82, 2.24) is 9.97 Å². The minimum atomic E-state index is -0.454. The summed E-state index contributed by atoms with van der Waals surface area (Å²) in [5, 5.41) is 8.73. The van der Waals surface area contributed by atoms with Crippen LogP contribution in [0.4, 0.5) is 17.3 Å². The molecule has 0 aliphatic rings. The van der Waals surface area contributed by atoms with Crippen LogP contribution in [0.1, 0.15) is 13.3 Å². The van der Waals surface area contributed by atoms with Gasteiger partial charge >= 0.3 is 0 Å². The van der Waals surface area contributed by atoms with Gasteiger partial charge in [-0.1, -0.05) is 30.0 Å². The number of nitrogen functional groups attached to an aromatic ring is 2. The normalized spacial score (nSPS) is 11.5. The van der Waals surface area contributed by atoms with Gasteiger partial charge in [0.15, 0.2) is 5.16 Å². The number of thioether (sulfide) groups is 1. The van der Waals surface area contributed by atoms with Gasteiger partial charge in [-0.15, -0.1) is 0 Å². The highest BCUT2D eigenvalue weighted by Crippen LogP contribution is 2.25. The average molecular weight is 342 g/mol. The van der Waals surface area contributed by atoms with Gasteiger partial charge in [-0.05, 0) is 19.1 Å². The summed E-state index contributed by atoms with van der Waals surface area (Å²) in [5.41, 5.74) is 12.1. The second kappa shape index (κ2) is 8.17. The molecular formula is C16H18N6OS. The first kappa shape index (κ1) is 17.6. The second-order valence-electron chi connectivity index (χ2n) is 4.99. The third-order valence-corrected chi connectivity index (χ3v) is 4.10. The molecule has 1 aromatic heterocycles. The number of carbonyl (C=O) groups is 1. The SMILES string of the molecule is CC(Sc1nc(N)cc(N)n1)C(=O)N(CCC#N)c1ccccc1. The molecule has 24 heavy (non-hydrogen) atoms. The molecule has 0 bridgehead atoms. The zero-order valence-corrected chi connectivity index (χ0v) is 14.0. The van der Waals surface area contributed by atoms with Crippen LogP contribution in [0.15, 0.2) is 41.6 Å². The van der Waals surface area contributed by atoms with Crippen molar-refractivity contribution in [2.75, 3.05) is 22.9 Å². The summed E-state index contributed by atoms with van der Waals surface area (Å²) in [7, 11) is 0. The fourth-order valence-corrected chi connectivity index (χ4v) is 2.94. The minimum absolute atomic E-state index is 0.133. The van der Waals surface area contributed by atoms with Crippen LogP contribution in [-0.2, 0) is 4.79 Å². The predicted molar refractivity (Wildman–Crippen MR) is 95.2 cm³/mol. The van der Waals surface area contributed by atoms with Gasteiger partial charge in [0, 0.05) is 18.3 Å². The van der Waals surface area contributed by atoms with E-state index in [0.717, 1.165) is 5.69 Å². The van der Waals surface area contributed by atoms with Crippen LogP contribution in [0.3, 0.4) is 0 Å². The molecule has 0 saturated heterocycles. The van der Waals surface area contributed by atoms with Crippen LogP contribution in [0.5, 0.6) is 0 Å². The first-order valence-electron chi connectivity index (χ1n) is 7.31. The molecule has 0 aliphatic heterocycles. The Morgan fingerprint density at radius 3 is 2.50 bits per heavy atom. The Morgan fingerprint density at radius 1 is 1.29 bits per heavy atom. The molecule has 1 unspecified atom stereocenters. The Labute approximate surface area is 144 Å². The van der Waals surface area contributed by atoms with E-state index in [0.29, 0.717) is 11.7 Å². The van der Waals surface area contributed by atoms with Crippen LogP contribution in [0, 0.1) is 11.3 Å². The fraction of sp³-hybridized carbons (Fsp3) is 0.250. The highest BCUT2D eigenvalue weighted by Gasteiger charge is 2.23. The summed E-state index contributed by atoms with van der Waals surface area (Å²) >= 11 is 1.18. The number of anilines is 3. The molecule has 0 spiro atoms. The maximum atomic E-state index is 12.8. The molecule has 1 amide bonds. The fourth-order valence-electron chi connectivity index (χ4n) is 2.08. The molecule has 0 aliphatic carbocycles. The highest BCUT2D eigenvalue weighted by atomic mass is 32.2. The van der Waals surface area contributed by atoms with Crippen molar-refractivity contribution in [3.8, 4) is 6.07 Å². The van der Waals surface area contributed by atoms with E-state index in [1.807, 2.05) is 30.3 Å². The van der Waals surface area contributed by atoms with E-state index in [2.05, 4.69) is 16.0 Å². The van der Waals surface area contributed by atoms with Gasteiger partial charge in [0.1, 0.15) is 11.6 Å². The number of aromatic nitrogens is 2. The van der Waals surface area contributed by atoms with Crippen LogP contribution < -0.4 is 16.4 Å². The molecule has 124 valence electrons. The number of para-hydroxylation sites is 1. The first-order valence-corrected chi connectivity index (χ1v) is 8.19. The number of hydrogen-bond acceptors (Lipinski definition) is 7. The van der Waals surface area contributed by atoms with E-state index >= 15 is 0 Å². The summed E-state index contributed by atoms with van der Waals surface area (Å²) < 4.78 is 0. The zero-order valence-electron chi connectivity index (χ0n) is 13.2. The second-order valence-corrected chi connectivity index (χ2v) is 6.30. The number of nitriles is 1. The zero-order chi connectivity index (χ0) is 17.5. The molecule has 2 aromatic rings. The van der Waals surface area contributed by atoms with Gasteiger partial charge in [-0.2, -0.15) is 5.26 Å². The lowest BCUT2D eigenvalue weighted by Gasteiger charge is -2.24. The van der Waals surface area contributed by atoms with Crippen LogP contribution in [0.2, 0.25) is 0 Å². The molecule has 0 saturated carbocycles. The van der Waals surface area contributed by atoms with E-state index in [1.54, 1.807) is 11.8 Å². The van der Waals surface area contributed by atoms with Crippen LogP contribution in [0.25, 0.3) is 0 Å². The molecule has 2 rings (SSSR count). The number of carbonyl (C=O) groups excluding carboxylic acids is 1. The third kappa shape index (κ3) is 4.60. The molecule has 1 aromatic carbocycles. The van der Waals surface area contributed by atoms with Crippen LogP contribution >= 0.6 is 11.8 Å². The Bertz CT molecular complexity index is 726. The molecule has 1 atom stereocenters. The number of benzene rings is 1. The van der Waals surface area contributed by atoms with Gasteiger partial charge in [0.2, 0.25) is 5.91 Å². The smallest absolute Gasteiger partial charge is 0.240 e. The molecular weight excluding hydrogens is 324 g/mol. The van der Waals surface area contributed by atoms with Gasteiger partial charge in [0.05, 0.1) is 17.7 Å². The number of nitrogens with two attached hydrogens (primary N) is 2. The summed E-state index contributed by atoms with van der Waals surface area (Å²) in [6, 6.07) is 12.8. The number of amides is 1. The van der Waals surface area contributed by atoms with Gasteiger partial charge in [-0.3, -0.25) is 4.79 Å². The van der Waals surface area contributed by atoms with Gasteiger partial charge in [-0.25, -0.2) is 9.97 Å². The topological polar surface area (TPSA) is 122 Å². The predicted octanol–water partition coefficient (Wildman–Crippen LogP) is 2.07. The van der Waals surface area contributed by atoms with Crippen molar-refractivity contribution in [2.45, 2.75) is 23.8 Å². The maximum Gasteiger partial charge on any atom is 0.240 e. The van der Waals surface area contributed by atoms with E-state index in [-0.39, 0.29) is 24.0 Å². The third-order valence-electron chi connectivity index (χ3n) is 3.16. The minimum Gasteiger partial charge on any atom is -0.383 e. The Hall–Kier alpha value is -2.79. The van der Waals surface area contributed by atoms with Crippen molar-refractivity contribution in [3.63, 3.8) is 0 Å². The molecule has 0 fully saturated rings. The number of rotatable bonds is 6.